The van der Waals surface area contributed by atoms with Crippen LogP contribution in [0.4, 0.5) is 0 Å². The third-order valence-electron chi connectivity index (χ3n) is 2.59. The van der Waals surface area contributed by atoms with Gasteiger partial charge in [-0.1, -0.05) is 0 Å². The summed E-state index contributed by atoms with van der Waals surface area (Å²) in [6, 6.07) is -0.100. The topological polar surface area (TPSA) is 71.0 Å². The lowest BCUT2D eigenvalue weighted by Gasteiger charge is -2.23. The Balaban J connectivity index is 1.67. The summed E-state index contributed by atoms with van der Waals surface area (Å²) in [6.45, 7) is 3.87. The van der Waals surface area contributed by atoms with Crippen molar-refractivity contribution in [1.82, 2.24) is 25.5 Å². The highest BCUT2D eigenvalue weighted by atomic mass is 16.2. The van der Waals surface area contributed by atoms with E-state index in [4.69, 9.17) is 0 Å². The number of amides is 1. The number of carbonyl (C=O) groups is 1. The van der Waals surface area contributed by atoms with Gasteiger partial charge in [0.25, 0.3) is 0 Å². The average molecular weight is 223 g/mol. The summed E-state index contributed by atoms with van der Waals surface area (Å²) in [6.07, 6.45) is 5.35. The van der Waals surface area contributed by atoms with E-state index in [1.165, 1.54) is 0 Å². The number of rotatable bonds is 4. The van der Waals surface area contributed by atoms with Crippen LogP contribution < -0.4 is 16.0 Å². The molecule has 0 aromatic carbocycles. The Morgan fingerprint density at radius 1 is 1.56 bits per heavy atom. The van der Waals surface area contributed by atoms with Gasteiger partial charge in [0, 0.05) is 45.1 Å². The van der Waals surface area contributed by atoms with Gasteiger partial charge in [-0.3, -0.25) is 4.79 Å². The van der Waals surface area contributed by atoms with Gasteiger partial charge in [0.05, 0.1) is 12.4 Å². The maximum Gasteiger partial charge on any atom is 0.238 e. The predicted octanol–water partition coefficient (Wildman–Crippen LogP) is -1.44. The first-order valence-electron chi connectivity index (χ1n) is 5.54. The van der Waals surface area contributed by atoms with Gasteiger partial charge in [-0.15, -0.1) is 0 Å². The molecule has 0 bridgehead atoms. The molecule has 3 N–H and O–H groups in total. The van der Waals surface area contributed by atoms with Crippen molar-refractivity contribution in [2.24, 2.45) is 0 Å². The van der Waals surface area contributed by atoms with Crippen LogP contribution in [0.1, 0.15) is 0 Å². The average Bonchev–Trinajstić information content (AvgIpc) is 2.83. The Bertz CT molecular complexity index is 318. The molecular formula is C10H17N5O. The van der Waals surface area contributed by atoms with Gasteiger partial charge >= 0.3 is 0 Å². The first kappa shape index (κ1) is 11.1. The summed E-state index contributed by atoms with van der Waals surface area (Å²) in [7, 11) is 0. The maximum atomic E-state index is 11.7. The zero-order valence-corrected chi connectivity index (χ0v) is 9.15. The second-order valence-electron chi connectivity index (χ2n) is 3.80. The molecule has 6 nitrogen and oxygen atoms in total. The summed E-state index contributed by atoms with van der Waals surface area (Å²) in [5.74, 6) is 0.0623. The van der Waals surface area contributed by atoms with Crippen LogP contribution in [0.2, 0.25) is 0 Å². The number of hydrogen-bond donors (Lipinski definition) is 3. The minimum atomic E-state index is -0.100. The molecule has 6 heteroatoms. The highest BCUT2D eigenvalue weighted by molar-refractivity contribution is 5.82. The molecular weight excluding hydrogens is 206 g/mol. The first-order valence-corrected chi connectivity index (χ1v) is 5.54. The molecule has 1 fully saturated rings. The number of imidazole rings is 1. The van der Waals surface area contributed by atoms with Crippen LogP contribution in [-0.2, 0) is 11.3 Å². The van der Waals surface area contributed by atoms with Crippen LogP contribution >= 0.6 is 0 Å². The van der Waals surface area contributed by atoms with Crippen molar-refractivity contribution in [2.45, 2.75) is 12.6 Å². The van der Waals surface area contributed by atoms with Gasteiger partial charge in [-0.05, 0) is 0 Å². The lowest BCUT2D eigenvalue weighted by molar-refractivity contribution is -0.123. The van der Waals surface area contributed by atoms with Crippen LogP contribution in [0, 0.1) is 0 Å². The van der Waals surface area contributed by atoms with E-state index in [0.29, 0.717) is 13.1 Å². The maximum absolute atomic E-state index is 11.7. The zero-order valence-electron chi connectivity index (χ0n) is 9.15. The van der Waals surface area contributed by atoms with Crippen LogP contribution in [0.25, 0.3) is 0 Å². The van der Waals surface area contributed by atoms with Gasteiger partial charge in [0.2, 0.25) is 5.91 Å². The lowest BCUT2D eigenvalue weighted by atomic mass is 10.2. The van der Waals surface area contributed by atoms with Crippen LogP contribution in [0.5, 0.6) is 0 Å². The normalized spacial score (nSPS) is 20.6. The summed E-state index contributed by atoms with van der Waals surface area (Å²) < 4.78 is 1.94. The smallest absolute Gasteiger partial charge is 0.238 e. The molecule has 1 aliphatic rings. The Labute approximate surface area is 94.4 Å². The molecule has 0 aliphatic carbocycles. The molecule has 1 unspecified atom stereocenters. The molecule has 1 amide bonds. The molecule has 88 valence electrons. The summed E-state index contributed by atoms with van der Waals surface area (Å²) in [5, 5.41) is 9.25. The zero-order chi connectivity index (χ0) is 11.2. The molecule has 16 heavy (non-hydrogen) atoms. The molecule has 1 aromatic heterocycles. The fourth-order valence-electron chi connectivity index (χ4n) is 1.69. The second-order valence-corrected chi connectivity index (χ2v) is 3.80. The van der Waals surface area contributed by atoms with E-state index >= 15 is 0 Å². The Kier molecular flexibility index (Phi) is 3.90. The molecule has 0 radical (unpaired) electrons. The van der Waals surface area contributed by atoms with E-state index in [1.807, 2.05) is 10.8 Å². The number of aromatic nitrogens is 2. The third-order valence-corrected chi connectivity index (χ3v) is 2.59. The Morgan fingerprint density at radius 2 is 2.50 bits per heavy atom. The van der Waals surface area contributed by atoms with E-state index in [2.05, 4.69) is 20.9 Å². The highest BCUT2D eigenvalue weighted by Crippen LogP contribution is 1.88. The number of carbonyl (C=O) groups excluding carboxylic acids is 1. The highest BCUT2D eigenvalue weighted by Gasteiger charge is 2.19. The number of nitrogens with one attached hydrogen (secondary N) is 3. The fraction of sp³-hybridized carbons (Fsp3) is 0.600. The first-order chi connectivity index (χ1) is 7.86. The van der Waals surface area contributed by atoms with Gasteiger partial charge < -0.3 is 20.5 Å². The number of hydrogen-bond acceptors (Lipinski definition) is 4. The van der Waals surface area contributed by atoms with Gasteiger partial charge in [-0.2, -0.15) is 0 Å². The minimum Gasteiger partial charge on any atom is -0.353 e. The van der Waals surface area contributed by atoms with Gasteiger partial charge in [0.15, 0.2) is 0 Å². The van der Waals surface area contributed by atoms with Crippen molar-refractivity contribution in [2.75, 3.05) is 26.2 Å². The molecule has 2 rings (SSSR count). The molecule has 0 spiro atoms. The largest absolute Gasteiger partial charge is 0.353 e. The molecule has 1 aliphatic heterocycles. The Morgan fingerprint density at radius 3 is 3.19 bits per heavy atom. The van der Waals surface area contributed by atoms with Gasteiger partial charge in [0.1, 0.15) is 0 Å². The molecule has 2 heterocycles. The molecule has 1 aromatic rings. The number of nitrogens with zero attached hydrogens (tertiary/aromatic N) is 2. The van der Waals surface area contributed by atoms with E-state index in [1.54, 1.807) is 12.5 Å². The fourth-order valence-corrected chi connectivity index (χ4v) is 1.69. The third kappa shape index (κ3) is 3.04. The summed E-state index contributed by atoms with van der Waals surface area (Å²) >= 11 is 0. The van der Waals surface area contributed by atoms with E-state index in [9.17, 15) is 4.79 Å². The van der Waals surface area contributed by atoms with Crippen LogP contribution in [-0.4, -0.2) is 47.7 Å². The van der Waals surface area contributed by atoms with E-state index < -0.39 is 0 Å². The van der Waals surface area contributed by atoms with Crippen LogP contribution in [0.3, 0.4) is 0 Å². The summed E-state index contributed by atoms with van der Waals surface area (Å²) in [5.41, 5.74) is 0. The SMILES string of the molecule is O=C(NCCn1ccnc1)C1CNCCN1. The van der Waals surface area contributed by atoms with Crippen molar-refractivity contribution in [3.63, 3.8) is 0 Å². The quantitative estimate of drug-likeness (QED) is 0.585. The second kappa shape index (κ2) is 5.62. The Hall–Kier alpha value is -1.40. The van der Waals surface area contributed by atoms with Gasteiger partial charge in [-0.25, -0.2) is 4.98 Å². The van der Waals surface area contributed by atoms with E-state index in [0.717, 1.165) is 19.6 Å². The van der Waals surface area contributed by atoms with Crippen LogP contribution in [0.15, 0.2) is 18.7 Å². The monoisotopic (exact) mass is 223 g/mol. The standard InChI is InChI=1S/C10H17N5O/c16-10(9-7-11-1-2-13-9)14-4-6-15-5-3-12-8-15/h3,5,8-9,11,13H,1-2,4,6-7H2,(H,14,16). The lowest BCUT2D eigenvalue weighted by Crippen LogP contribution is -2.55. The van der Waals surface area contributed by atoms with Crippen molar-refractivity contribution in [3.05, 3.63) is 18.7 Å². The van der Waals surface area contributed by atoms with Crippen molar-refractivity contribution >= 4 is 5.91 Å². The predicted molar refractivity (Wildman–Crippen MR) is 59.9 cm³/mol. The summed E-state index contributed by atoms with van der Waals surface area (Å²) in [4.78, 5) is 15.6. The minimum absolute atomic E-state index is 0.0623. The van der Waals surface area contributed by atoms with E-state index in [-0.39, 0.29) is 11.9 Å². The van der Waals surface area contributed by atoms with Crippen molar-refractivity contribution in [1.29, 1.82) is 0 Å². The molecule has 0 saturated carbocycles. The number of piperazine rings is 1. The van der Waals surface area contributed by atoms with Crippen molar-refractivity contribution in [3.8, 4) is 0 Å². The molecule has 1 atom stereocenters. The molecule has 1 saturated heterocycles. The van der Waals surface area contributed by atoms with Crippen molar-refractivity contribution < 1.29 is 4.79 Å².